The van der Waals surface area contributed by atoms with Crippen LogP contribution >= 0.6 is 0 Å². The van der Waals surface area contributed by atoms with Crippen molar-refractivity contribution < 1.29 is 19.0 Å². The summed E-state index contributed by atoms with van der Waals surface area (Å²) < 4.78 is 18.6. The Kier molecular flexibility index (Phi) is 4.37. The summed E-state index contributed by atoms with van der Waals surface area (Å²) in [5.41, 5.74) is 0. The Morgan fingerprint density at radius 1 is 1.53 bits per heavy atom. The zero-order valence-corrected chi connectivity index (χ0v) is 10.8. The summed E-state index contributed by atoms with van der Waals surface area (Å²) in [6.07, 6.45) is 0.726. The van der Waals surface area contributed by atoms with Crippen molar-refractivity contribution in [2.45, 2.75) is 32.0 Å². The highest BCUT2D eigenvalue weighted by Gasteiger charge is 2.30. The molecule has 5 heteroatoms. The summed E-state index contributed by atoms with van der Waals surface area (Å²) in [7, 11) is 0. The van der Waals surface area contributed by atoms with Gasteiger partial charge in [-0.15, -0.1) is 0 Å². The minimum absolute atomic E-state index is 0.0490. The van der Waals surface area contributed by atoms with Gasteiger partial charge in [-0.25, -0.2) is 4.39 Å². The third-order valence-corrected chi connectivity index (χ3v) is 3.16. The molecule has 0 radical (unpaired) electrons. The fourth-order valence-electron chi connectivity index (χ4n) is 1.78. The molecule has 104 valence electrons. The lowest BCUT2D eigenvalue weighted by atomic mass is 10.2. The van der Waals surface area contributed by atoms with E-state index in [1.54, 1.807) is 19.1 Å². The van der Waals surface area contributed by atoms with Gasteiger partial charge in [0, 0.05) is 6.54 Å². The van der Waals surface area contributed by atoms with E-state index in [1.165, 1.54) is 12.1 Å². The molecule has 1 aromatic rings. The molecule has 19 heavy (non-hydrogen) atoms. The van der Waals surface area contributed by atoms with E-state index in [4.69, 9.17) is 4.74 Å². The lowest BCUT2D eigenvalue weighted by molar-refractivity contribution is -0.127. The van der Waals surface area contributed by atoms with Gasteiger partial charge in [0.05, 0.1) is 6.10 Å². The van der Waals surface area contributed by atoms with E-state index in [9.17, 15) is 14.3 Å². The molecule has 1 aromatic carbocycles. The summed E-state index contributed by atoms with van der Waals surface area (Å²) in [6.45, 7) is 1.76. The smallest absolute Gasteiger partial charge is 0.260 e. The molecular formula is C14H18FNO3. The van der Waals surface area contributed by atoms with Gasteiger partial charge in [0.25, 0.3) is 5.91 Å². The number of nitrogens with one attached hydrogen (secondary N) is 1. The molecule has 2 rings (SSSR count). The Balaban J connectivity index is 1.80. The van der Waals surface area contributed by atoms with E-state index in [2.05, 4.69) is 5.32 Å². The summed E-state index contributed by atoms with van der Waals surface area (Å²) in [6, 6.07) is 5.94. The highest BCUT2D eigenvalue weighted by Crippen LogP contribution is 2.32. The first kappa shape index (κ1) is 13.8. The maximum Gasteiger partial charge on any atom is 0.260 e. The Hall–Kier alpha value is -1.62. The number of rotatable bonds is 6. The van der Waals surface area contributed by atoms with Gasteiger partial charge in [-0.1, -0.05) is 12.1 Å². The fourth-order valence-corrected chi connectivity index (χ4v) is 1.78. The Bertz CT molecular complexity index is 448. The van der Waals surface area contributed by atoms with Gasteiger partial charge >= 0.3 is 0 Å². The van der Waals surface area contributed by atoms with Crippen molar-refractivity contribution in [3.8, 4) is 5.75 Å². The molecule has 0 heterocycles. The average Bonchev–Trinajstić information content (AvgIpc) is 3.22. The van der Waals surface area contributed by atoms with Crippen LogP contribution in [-0.4, -0.2) is 29.8 Å². The normalized spacial score (nSPS) is 17.6. The molecule has 0 bridgehead atoms. The number of halogens is 1. The average molecular weight is 267 g/mol. The van der Waals surface area contributed by atoms with Crippen LogP contribution in [0, 0.1) is 11.7 Å². The molecule has 1 aliphatic carbocycles. The second kappa shape index (κ2) is 6.02. The zero-order valence-electron chi connectivity index (χ0n) is 10.8. The van der Waals surface area contributed by atoms with E-state index in [1.807, 2.05) is 0 Å². The maximum absolute atomic E-state index is 13.3. The van der Waals surface area contributed by atoms with Crippen LogP contribution in [-0.2, 0) is 4.79 Å². The van der Waals surface area contributed by atoms with E-state index >= 15 is 0 Å². The van der Waals surface area contributed by atoms with Gasteiger partial charge in [-0.2, -0.15) is 0 Å². The number of carbonyl (C=O) groups excluding carboxylic acids is 1. The van der Waals surface area contributed by atoms with Crippen molar-refractivity contribution in [3.63, 3.8) is 0 Å². The van der Waals surface area contributed by atoms with Crippen LogP contribution in [0.5, 0.6) is 5.75 Å². The van der Waals surface area contributed by atoms with Crippen LogP contribution in [0.3, 0.4) is 0 Å². The molecule has 1 amide bonds. The number of para-hydroxylation sites is 1. The van der Waals surface area contributed by atoms with Crippen molar-refractivity contribution in [3.05, 3.63) is 30.1 Å². The minimum atomic E-state index is -0.802. The first-order chi connectivity index (χ1) is 9.08. The Labute approximate surface area is 111 Å². The molecule has 0 spiro atoms. The Morgan fingerprint density at radius 2 is 2.21 bits per heavy atom. The number of amides is 1. The van der Waals surface area contributed by atoms with E-state index < -0.39 is 18.0 Å². The fraction of sp³-hybridized carbons (Fsp3) is 0.500. The summed E-state index contributed by atoms with van der Waals surface area (Å²) >= 11 is 0. The van der Waals surface area contributed by atoms with E-state index in [0.29, 0.717) is 5.92 Å². The zero-order chi connectivity index (χ0) is 13.8. The molecule has 4 nitrogen and oxygen atoms in total. The largest absolute Gasteiger partial charge is 0.478 e. The van der Waals surface area contributed by atoms with Crippen LogP contribution in [0.15, 0.2) is 24.3 Å². The summed E-state index contributed by atoms with van der Waals surface area (Å²) in [4.78, 5) is 11.7. The third kappa shape index (κ3) is 3.92. The molecule has 0 saturated heterocycles. The van der Waals surface area contributed by atoms with Crippen molar-refractivity contribution in [2.75, 3.05) is 6.54 Å². The standard InChI is InChI=1S/C14H18FNO3/c1-9(19-13-5-3-2-4-11(13)15)14(18)16-8-12(17)10-6-7-10/h2-5,9-10,12,17H,6-8H2,1H3,(H,16,18). The van der Waals surface area contributed by atoms with Crippen LogP contribution < -0.4 is 10.1 Å². The second-order valence-corrected chi connectivity index (χ2v) is 4.84. The number of aliphatic hydroxyl groups is 1. The van der Waals surface area contributed by atoms with Crippen molar-refractivity contribution in [1.29, 1.82) is 0 Å². The molecule has 1 aliphatic rings. The highest BCUT2D eigenvalue weighted by molar-refractivity contribution is 5.80. The molecule has 2 unspecified atom stereocenters. The van der Waals surface area contributed by atoms with Gasteiger partial charge in [-0.3, -0.25) is 4.79 Å². The van der Waals surface area contributed by atoms with Gasteiger partial charge in [0.1, 0.15) is 0 Å². The minimum Gasteiger partial charge on any atom is -0.478 e. The van der Waals surface area contributed by atoms with Crippen molar-refractivity contribution in [1.82, 2.24) is 5.32 Å². The quantitative estimate of drug-likeness (QED) is 0.820. The number of aliphatic hydroxyl groups excluding tert-OH is 1. The van der Waals surface area contributed by atoms with Gasteiger partial charge < -0.3 is 15.2 Å². The maximum atomic E-state index is 13.3. The molecule has 1 saturated carbocycles. The monoisotopic (exact) mass is 267 g/mol. The SMILES string of the molecule is CC(Oc1ccccc1F)C(=O)NCC(O)C1CC1. The van der Waals surface area contributed by atoms with Crippen molar-refractivity contribution in [2.24, 2.45) is 5.92 Å². The van der Waals surface area contributed by atoms with Crippen LogP contribution in [0.25, 0.3) is 0 Å². The van der Waals surface area contributed by atoms with Crippen LogP contribution in [0.4, 0.5) is 4.39 Å². The molecule has 0 aliphatic heterocycles. The Morgan fingerprint density at radius 3 is 2.84 bits per heavy atom. The second-order valence-electron chi connectivity index (χ2n) is 4.84. The summed E-state index contributed by atoms with van der Waals surface area (Å²) in [5, 5.41) is 12.2. The van der Waals surface area contributed by atoms with Crippen LogP contribution in [0.1, 0.15) is 19.8 Å². The lowest BCUT2D eigenvalue weighted by Gasteiger charge is -2.16. The van der Waals surface area contributed by atoms with Crippen molar-refractivity contribution >= 4 is 5.91 Å². The van der Waals surface area contributed by atoms with Crippen LogP contribution in [0.2, 0.25) is 0 Å². The van der Waals surface area contributed by atoms with E-state index in [-0.39, 0.29) is 18.2 Å². The van der Waals surface area contributed by atoms with E-state index in [0.717, 1.165) is 12.8 Å². The number of hydrogen-bond donors (Lipinski definition) is 2. The van der Waals surface area contributed by atoms with Gasteiger partial charge in [0.2, 0.25) is 0 Å². The number of carbonyl (C=O) groups is 1. The number of hydrogen-bond acceptors (Lipinski definition) is 3. The predicted octanol–water partition coefficient (Wildman–Crippen LogP) is 1.48. The molecule has 2 N–H and O–H groups in total. The summed E-state index contributed by atoms with van der Waals surface area (Å²) in [5.74, 6) is -0.501. The first-order valence-electron chi connectivity index (χ1n) is 6.45. The molecule has 0 aromatic heterocycles. The molecule has 2 atom stereocenters. The first-order valence-corrected chi connectivity index (χ1v) is 6.45. The predicted molar refractivity (Wildman–Crippen MR) is 68.2 cm³/mol. The molecule has 1 fully saturated rings. The molecular weight excluding hydrogens is 249 g/mol. The number of ether oxygens (including phenoxy) is 1. The van der Waals surface area contributed by atoms with Gasteiger partial charge in [0.15, 0.2) is 17.7 Å². The van der Waals surface area contributed by atoms with Gasteiger partial charge in [-0.05, 0) is 37.8 Å². The topological polar surface area (TPSA) is 58.6 Å². The lowest BCUT2D eigenvalue weighted by Crippen LogP contribution is -2.40. The number of benzene rings is 1. The third-order valence-electron chi connectivity index (χ3n) is 3.16. The highest BCUT2D eigenvalue weighted by atomic mass is 19.1.